The molecule has 0 unspecified atom stereocenters. The third-order valence-corrected chi connectivity index (χ3v) is 3.99. The smallest absolute Gasteiger partial charge is 0.317 e. The zero-order valence-corrected chi connectivity index (χ0v) is 15.5. The monoisotopic (exact) mass is 341 g/mol. The van der Waals surface area contributed by atoms with Gasteiger partial charge in [0.25, 0.3) is 0 Å². The Morgan fingerprint density at radius 1 is 1.28 bits per heavy atom. The Balaban J connectivity index is 1.80. The molecule has 0 spiro atoms. The number of benzene rings is 1. The van der Waals surface area contributed by atoms with Gasteiger partial charge in [-0.25, -0.2) is 4.79 Å². The molecular formula is C20H27N3O2. The summed E-state index contributed by atoms with van der Waals surface area (Å²) >= 11 is 0. The van der Waals surface area contributed by atoms with Crippen LogP contribution in [-0.4, -0.2) is 35.6 Å². The van der Waals surface area contributed by atoms with Crippen molar-refractivity contribution >= 4 is 6.03 Å². The maximum Gasteiger partial charge on any atom is 0.317 e. The van der Waals surface area contributed by atoms with Gasteiger partial charge in [0, 0.05) is 13.2 Å². The van der Waals surface area contributed by atoms with Crippen LogP contribution in [0.5, 0.6) is 5.75 Å². The highest BCUT2D eigenvalue weighted by Gasteiger charge is 2.13. The zero-order valence-electron chi connectivity index (χ0n) is 15.5. The number of rotatable bonds is 7. The van der Waals surface area contributed by atoms with Gasteiger partial charge >= 0.3 is 6.03 Å². The van der Waals surface area contributed by atoms with E-state index in [4.69, 9.17) is 4.74 Å². The lowest BCUT2D eigenvalue weighted by atomic mass is 10.2. The summed E-state index contributed by atoms with van der Waals surface area (Å²) in [6, 6.07) is 11.6. The quantitative estimate of drug-likeness (QED) is 0.838. The van der Waals surface area contributed by atoms with Gasteiger partial charge in [-0.15, -0.1) is 0 Å². The lowest BCUT2D eigenvalue weighted by Crippen LogP contribution is -2.44. The van der Waals surface area contributed by atoms with Crippen molar-refractivity contribution in [1.29, 1.82) is 0 Å². The summed E-state index contributed by atoms with van der Waals surface area (Å²) in [6.07, 6.45) is 2.82. The Kier molecular flexibility index (Phi) is 6.81. The molecule has 1 N–H and O–H groups in total. The van der Waals surface area contributed by atoms with Crippen LogP contribution in [0.15, 0.2) is 42.6 Å². The number of nitrogens with zero attached hydrogens (tertiary/aromatic N) is 2. The third-order valence-electron chi connectivity index (χ3n) is 3.99. The number of pyridine rings is 1. The van der Waals surface area contributed by atoms with Gasteiger partial charge in [-0.05, 0) is 43.5 Å². The van der Waals surface area contributed by atoms with Crippen LogP contribution >= 0.6 is 0 Å². The number of amides is 2. The maximum atomic E-state index is 12.3. The molecule has 1 aromatic carbocycles. The van der Waals surface area contributed by atoms with Crippen molar-refractivity contribution < 1.29 is 9.53 Å². The first kappa shape index (κ1) is 18.8. The van der Waals surface area contributed by atoms with Crippen molar-refractivity contribution in [3.05, 3.63) is 59.4 Å². The highest BCUT2D eigenvalue weighted by molar-refractivity contribution is 5.74. The lowest BCUT2D eigenvalue weighted by molar-refractivity contribution is 0.195. The van der Waals surface area contributed by atoms with Gasteiger partial charge in [-0.1, -0.05) is 31.2 Å². The predicted molar refractivity (Wildman–Crippen MR) is 99.7 cm³/mol. The van der Waals surface area contributed by atoms with Gasteiger partial charge in [0.2, 0.25) is 0 Å². The summed E-state index contributed by atoms with van der Waals surface area (Å²) in [5, 5.41) is 2.95. The minimum absolute atomic E-state index is 0.0926. The topological polar surface area (TPSA) is 54.5 Å². The minimum Gasteiger partial charge on any atom is -0.491 e. The molecule has 0 radical (unpaired) electrons. The molecule has 0 saturated carbocycles. The first-order valence-corrected chi connectivity index (χ1v) is 8.63. The Labute approximate surface area is 150 Å². The van der Waals surface area contributed by atoms with Gasteiger partial charge in [-0.2, -0.15) is 0 Å². The molecule has 0 fully saturated rings. The Bertz CT molecular complexity index is 686. The third kappa shape index (κ3) is 5.78. The van der Waals surface area contributed by atoms with Crippen molar-refractivity contribution in [2.75, 3.05) is 13.7 Å². The molecule has 2 aromatic rings. The van der Waals surface area contributed by atoms with Crippen LogP contribution < -0.4 is 10.1 Å². The molecule has 0 saturated heterocycles. The fourth-order valence-corrected chi connectivity index (χ4v) is 2.37. The van der Waals surface area contributed by atoms with Crippen LogP contribution in [0.4, 0.5) is 4.79 Å². The molecule has 5 heteroatoms. The summed E-state index contributed by atoms with van der Waals surface area (Å²) in [6.45, 7) is 6.92. The lowest BCUT2D eigenvalue weighted by Gasteiger charge is -2.21. The molecular weight excluding hydrogens is 314 g/mol. The van der Waals surface area contributed by atoms with Crippen LogP contribution in [-0.2, 0) is 13.0 Å². The first-order valence-electron chi connectivity index (χ1n) is 8.63. The van der Waals surface area contributed by atoms with E-state index in [0.29, 0.717) is 13.2 Å². The molecule has 0 aliphatic carbocycles. The van der Waals surface area contributed by atoms with Gasteiger partial charge in [0.15, 0.2) is 0 Å². The summed E-state index contributed by atoms with van der Waals surface area (Å²) < 4.78 is 5.78. The average molecular weight is 341 g/mol. The van der Waals surface area contributed by atoms with Crippen molar-refractivity contribution in [2.45, 2.75) is 39.8 Å². The average Bonchev–Trinajstić information content (AvgIpc) is 2.61. The number of carbonyl (C=O) groups is 1. The summed E-state index contributed by atoms with van der Waals surface area (Å²) in [5.41, 5.74) is 3.15. The molecule has 2 rings (SSSR count). The molecule has 0 aliphatic rings. The van der Waals surface area contributed by atoms with E-state index in [0.717, 1.165) is 23.4 Å². The number of para-hydroxylation sites is 1. The first-order chi connectivity index (χ1) is 12.0. The molecule has 2 amide bonds. The minimum atomic E-state index is -0.137. The van der Waals surface area contributed by atoms with E-state index < -0.39 is 0 Å². The highest BCUT2D eigenvalue weighted by Crippen LogP contribution is 2.16. The largest absolute Gasteiger partial charge is 0.491 e. The SMILES string of the molecule is CCc1ccc(CN(C)C(=O)N[C@H](C)COc2ccccc2C)nc1. The number of ether oxygens (including phenoxy) is 1. The van der Waals surface area contributed by atoms with E-state index in [9.17, 15) is 4.79 Å². The maximum absolute atomic E-state index is 12.3. The van der Waals surface area contributed by atoms with Gasteiger partial charge < -0.3 is 15.0 Å². The Hall–Kier alpha value is -2.56. The van der Waals surface area contributed by atoms with Crippen molar-refractivity contribution in [3.63, 3.8) is 0 Å². The predicted octanol–water partition coefficient (Wildman–Crippen LogP) is 3.56. The fourth-order valence-electron chi connectivity index (χ4n) is 2.37. The number of nitrogens with one attached hydrogen (secondary N) is 1. The van der Waals surface area contributed by atoms with E-state index in [1.807, 2.05) is 56.4 Å². The zero-order chi connectivity index (χ0) is 18.2. The second-order valence-electron chi connectivity index (χ2n) is 6.29. The van der Waals surface area contributed by atoms with E-state index in [-0.39, 0.29) is 12.1 Å². The second kappa shape index (κ2) is 9.06. The van der Waals surface area contributed by atoms with E-state index in [1.54, 1.807) is 11.9 Å². The number of carbonyl (C=O) groups excluding carboxylic acids is 1. The second-order valence-corrected chi connectivity index (χ2v) is 6.29. The van der Waals surface area contributed by atoms with E-state index >= 15 is 0 Å². The van der Waals surface area contributed by atoms with Crippen molar-refractivity contribution in [1.82, 2.24) is 15.2 Å². The number of urea groups is 1. The number of hydrogen-bond acceptors (Lipinski definition) is 3. The molecule has 134 valence electrons. The number of aromatic nitrogens is 1. The van der Waals surface area contributed by atoms with Gasteiger partial charge in [0.1, 0.15) is 12.4 Å². The summed E-state index contributed by atoms with van der Waals surface area (Å²) in [5.74, 6) is 0.845. The molecule has 0 bridgehead atoms. The Morgan fingerprint density at radius 3 is 2.68 bits per heavy atom. The van der Waals surface area contributed by atoms with Crippen molar-refractivity contribution in [3.8, 4) is 5.75 Å². The van der Waals surface area contributed by atoms with Gasteiger partial charge in [0.05, 0.1) is 18.3 Å². The number of aryl methyl sites for hydroxylation is 2. The summed E-state index contributed by atoms with van der Waals surface area (Å²) in [4.78, 5) is 18.3. The molecule has 1 aromatic heterocycles. The van der Waals surface area contributed by atoms with Crippen LogP contribution in [0.1, 0.15) is 30.7 Å². The number of hydrogen-bond donors (Lipinski definition) is 1. The molecule has 1 atom stereocenters. The molecule has 5 nitrogen and oxygen atoms in total. The fraction of sp³-hybridized carbons (Fsp3) is 0.400. The van der Waals surface area contributed by atoms with Crippen LogP contribution in [0, 0.1) is 6.92 Å². The van der Waals surface area contributed by atoms with Crippen molar-refractivity contribution in [2.24, 2.45) is 0 Å². The molecule has 1 heterocycles. The standard InChI is InChI=1S/C20H27N3O2/c1-5-17-10-11-18(21-12-17)13-23(4)20(24)22-16(3)14-25-19-9-7-6-8-15(19)2/h6-12,16H,5,13-14H2,1-4H3,(H,22,24)/t16-/m1/s1. The van der Waals surface area contributed by atoms with Gasteiger partial charge in [-0.3, -0.25) is 4.98 Å². The highest BCUT2D eigenvalue weighted by atomic mass is 16.5. The van der Waals surface area contributed by atoms with Crippen LogP contribution in [0.3, 0.4) is 0 Å². The van der Waals surface area contributed by atoms with E-state index in [2.05, 4.69) is 17.2 Å². The molecule has 0 aliphatic heterocycles. The summed E-state index contributed by atoms with van der Waals surface area (Å²) in [7, 11) is 1.76. The van der Waals surface area contributed by atoms with E-state index in [1.165, 1.54) is 5.56 Å². The Morgan fingerprint density at radius 2 is 2.04 bits per heavy atom. The van der Waals surface area contributed by atoms with Crippen LogP contribution in [0.25, 0.3) is 0 Å². The molecule has 25 heavy (non-hydrogen) atoms. The normalized spacial score (nSPS) is 11.7. The van der Waals surface area contributed by atoms with Crippen LogP contribution in [0.2, 0.25) is 0 Å².